The van der Waals surface area contributed by atoms with Crippen molar-refractivity contribution in [3.63, 3.8) is 0 Å². The Morgan fingerprint density at radius 3 is 2.55 bits per heavy atom. The normalized spacial score (nSPS) is 11.4. The first-order valence-electron chi connectivity index (χ1n) is 5.45. The second kappa shape index (κ2) is 5.90. The third kappa shape index (κ3) is 2.74. The minimum atomic E-state index is -0.681. The second-order valence-electron chi connectivity index (χ2n) is 3.76. The van der Waals surface area contributed by atoms with Crippen LogP contribution in [-0.2, 0) is 0 Å². The third-order valence-corrected chi connectivity index (χ3v) is 3.34. The highest BCUT2D eigenvalue weighted by atomic mass is 127. The van der Waals surface area contributed by atoms with Gasteiger partial charge in [0.1, 0.15) is 5.75 Å². The first-order valence-corrected chi connectivity index (χ1v) is 6.53. The van der Waals surface area contributed by atoms with Crippen molar-refractivity contribution >= 4 is 28.4 Å². The van der Waals surface area contributed by atoms with E-state index in [4.69, 9.17) is 9.94 Å². The number of nitrogens with zero attached hydrogens (tertiary/aromatic N) is 2. The number of nitrogens with one attached hydrogen (secondary N) is 1. The van der Waals surface area contributed by atoms with Crippen LogP contribution in [0.2, 0.25) is 0 Å². The number of methoxy groups -OCH3 is 1. The summed E-state index contributed by atoms with van der Waals surface area (Å²) in [7, 11) is 1.53. The molecule has 2 aromatic rings. The highest BCUT2D eigenvalue weighted by Crippen LogP contribution is 2.12. The van der Waals surface area contributed by atoms with Gasteiger partial charge in [-0.25, -0.2) is 9.36 Å². The Morgan fingerprint density at radius 1 is 1.35 bits per heavy atom. The number of rotatable bonds is 2. The van der Waals surface area contributed by atoms with Crippen LogP contribution in [0.1, 0.15) is 5.56 Å². The first kappa shape index (κ1) is 14.3. The molecule has 1 aromatic heterocycles. The fourth-order valence-corrected chi connectivity index (χ4v) is 2.00. The Balaban J connectivity index is 2.55. The number of hydrogen-bond acceptors (Lipinski definition) is 5. The van der Waals surface area contributed by atoms with Gasteiger partial charge in [0.15, 0.2) is 5.84 Å². The predicted molar refractivity (Wildman–Crippen MR) is 80.8 cm³/mol. The molecule has 8 heteroatoms. The first-order chi connectivity index (χ1) is 9.56. The van der Waals surface area contributed by atoms with Crippen molar-refractivity contribution in [3.8, 4) is 5.75 Å². The molecule has 2 N–H and O–H groups in total. The van der Waals surface area contributed by atoms with Gasteiger partial charge in [0.25, 0.3) is 5.56 Å². The Bertz CT molecular complexity index is 762. The molecule has 0 spiro atoms. The maximum Gasteiger partial charge on any atom is 0.334 e. The van der Waals surface area contributed by atoms with E-state index >= 15 is 0 Å². The van der Waals surface area contributed by atoms with Crippen molar-refractivity contribution < 1.29 is 9.94 Å². The molecule has 2 rings (SSSR count). The van der Waals surface area contributed by atoms with Crippen molar-refractivity contribution in [1.82, 2.24) is 9.55 Å². The van der Waals surface area contributed by atoms with Crippen LogP contribution in [0, 0.1) is 3.57 Å². The lowest BCUT2D eigenvalue weighted by atomic mass is 10.2. The van der Waals surface area contributed by atoms with E-state index in [0.717, 1.165) is 4.57 Å². The third-order valence-electron chi connectivity index (χ3n) is 2.57. The standard InChI is InChI=1S/C12H10IN3O4/c1-20-8-4-2-7(3-5-8)10(15-19)16-6-9(13)11(17)14-12(16)18/h2-6,19H,1H3,(H,14,17,18)/b15-10+. The van der Waals surface area contributed by atoms with Crippen LogP contribution in [0.4, 0.5) is 0 Å². The fraction of sp³-hybridized carbons (Fsp3) is 0.0833. The molecule has 20 heavy (non-hydrogen) atoms. The molecular weight excluding hydrogens is 377 g/mol. The van der Waals surface area contributed by atoms with Crippen LogP contribution in [0.15, 0.2) is 45.2 Å². The zero-order valence-corrected chi connectivity index (χ0v) is 12.5. The van der Waals surface area contributed by atoms with Crippen molar-refractivity contribution in [1.29, 1.82) is 0 Å². The molecule has 104 valence electrons. The second-order valence-corrected chi connectivity index (χ2v) is 4.92. The summed E-state index contributed by atoms with van der Waals surface area (Å²) in [6.45, 7) is 0. The van der Waals surface area contributed by atoms with Crippen LogP contribution in [0.3, 0.4) is 0 Å². The van der Waals surface area contributed by atoms with Crippen LogP contribution in [0.25, 0.3) is 0 Å². The largest absolute Gasteiger partial charge is 0.497 e. The van der Waals surface area contributed by atoms with Crippen LogP contribution < -0.4 is 16.0 Å². The number of benzene rings is 1. The predicted octanol–water partition coefficient (Wildman–Crippen LogP) is 0.834. The number of oxime groups is 1. The van der Waals surface area contributed by atoms with Gasteiger partial charge in [-0.15, -0.1) is 0 Å². The lowest BCUT2D eigenvalue weighted by Crippen LogP contribution is -2.35. The molecule has 1 aromatic carbocycles. The van der Waals surface area contributed by atoms with E-state index in [2.05, 4.69) is 10.1 Å². The number of aromatic amines is 1. The molecule has 1 heterocycles. The molecule has 0 saturated heterocycles. The number of H-pyrrole nitrogens is 1. The van der Waals surface area contributed by atoms with E-state index in [1.807, 2.05) is 0 Å². The number of hydrogen-bond donors (Lipinski definition) is 2. The summed E-state index contributed by atoms with van der Waals surface area (Å²) in [5, 5.41) is 12.3. The van der Waals surface area contributed by atoms with Gasteiger partial charge in [-0.3, -0.25) is 9.78 Å². The molecule has 0 aliphatic rings. The molecule has 0 amide bonds. The van der Waals surface area contributed by atoms with Crippen molar-refractivity contribution in [2.45, 2.75) is 0 Å². The van der Waals surface area contributed by atoms with E-state index in [0.29, 0.717) is 14.9 Å². The quantitative estimate of drug-likeness (QED) is 0.262. The minimum absolute atomic E-state index is 0.00631. The van der Waals surface area contributed by atoms with Gasteiger partial charge in [0.05, 0.1) is 10.7 Å². The Labute approximate surface area is 126 Å². The maximum absolute atomic E-state index is 11.8. The molecule has 0 atom stereocenters. The zero-order valence-electron chi connectivity index (χ0n) is 10.3. The Morgan fingerprint density at radius 2 is 2.00 bits per heavy atom. The summed E-state index contributed by atoms with van der Waals surface area (Å²) in [6.07, 6.45) is 1.31. The van der Waals surface area contributed by atoms with Gasteiger partial charge in [-0.05, 0) is 46.9 Å². The van der Waals surface area contributed by atoms with E-state index in [-0.39, 0.29) is 5.84 Å². The molecule has 0 bridgehead atoms. The van der Waals surface area contributed by atoms with Gasteiger partial charge in [-0.2, -0.15) is 0 Å². The van der Waals surface area contributed by atoms with Gasteiger partial charge < -0.3 is 9.94 Å². The number of aromatic nitrogens is 2. The molecule has 0 fully saturated rings. The van der Waals surface area contributed by atoms with Crippen LogP contribution in [-0.4, -0.2) is 27.7 Å². The highest BCUT2D eigenvalue weighted by Gasteiger charge is 2.11. The minimum Gasteiger partial charge on any atom is -0.497 e. The smallest absolute Gasteiger partial charge is 0.334 e. The van der Waals surface area contributed by atoms with Crippen molar-refractivity contribution in [3.05, 3.63) is 60.4 Å². The summed E-state index contributed by atoms with van der Waals surface area (Å²) in [5.41, 5.74) is -0.670. The zero-order chi connectivity index (χ0) is 14.7. The highest BCUT2D eigenvalue weighted by molar-refractivity contribution is 14.1. The van der Waals surface area contributed by atoms with E-state index in [9.17, 15) is 9.59 Å². The molecule has 0 aliphatic carbocycles. The molecule has 7 nitrogen and oxygen atoms in total. The maximum atomic E-state index is 11.8. The van der Waals surface area contributed by atoms with Crippen molar-refractivity contribution in [2.75, 3.05) is 7.11 Å². The molecule has 0 saturated carbocycles. The summed E-state index contributed by atoms with van der Waals surface area (Å²) in [5.74, 6) is 0.640. The molecule has 0 unspecified atom stereocenters. The fourth-order valence-electron chi connectivity index (χ4n) is 1.59. The van der Waals surface area contributed by atoms with Gasteiger partial charge in [-0.1, -0.05) is 5.16 Å². The average molecular weight is 387 g/mol. The number of halogens is 1. The summed E-state index contributed by atoms with van der Waals surface area (Å²) in [4.78, 5) is 25.2. The molecular formula is C12H10IN3O4. The van der Waals surface area contributed by atoms with E-state index < -0.39 is 11.2 Å². The Hall–Kier alpha value is -2.10. The SMILES string of the molecule is COc1ccc(/C(=N\O)n2cc(I)c(=O)[nH]c2=O)cc1. The topological polar surface area (TPSA) is 96.7 Å². The van der Waals surface area contributed by atoms with E-state index in [1.54, 1.807) is 46.9 Å². The summed E-state index contributed by atoms with van der Waals surface area (Å²) < 4.78 is 6.39. The van der Waals surface area contributed by atoms with Gasteiger partial charge in [0.2, 0.25) is 0 Å². The monoisotopic (exact) mass is 387 g/mol. The lowest BCUT2D eigenvalue weighted by Gasteiger charge is -2.08. The molecule has 0 aliphatic heterocycles. The van der Waals surface area contributed by atoms with Gasteiger partial charge >= 0.3 is 5.69 Å². The number of ether oxygens (including phenoxy) is 1. The van der Waals surface area contributed by atoms with Crippen LogP contribution >= 0.6 is 22.6 Å². The summed E-state index contributed by atoms with van der Waals surface area (Å²) in [6, 6.07) is 6.61. The van der Waals surface area contributed by atoms with E-state index in [1.165, 1.54) is 13.3 Å². The summed E-state index contributed by atoms with van der Waals surface area (Å²) >= 11 is 1.79. The van der Waals surface area contributed by atoms with Gasteiger partial charge in [0, 0.05) is 11.8 Å². The van der Waals surface area contributed by atoms with Crippen molar-refractivity contribution in [2.24, 2.45) is 5.16 Å². The van der Waals surface area contributed by atoms with Crippen LogP contribution in [0.5, 0.6) is 5.75 Å². The lowest BCUT2D eigenvalue weighted by molar-refractivity contribution is 0.317. The molecule has 0 radical (unpaired) electrons. The average Bonchev–Trinajstić information content (AvgIpc) is 2.46. The Kier molecular flexibility index (Phi) is 4.23.